The summed E-state index contributed by atoms with van der Waals surface area (Å²) in [5.74, 6) is -2.20. The molecule has 78 valence electrons. The van der Waals surface area contributed by atoms with Crippen LogP contribution in [0.1, 0.15) is 5.56 Å². The predicted octanol–water partition coefficient (Wildman–Crippen LogP) is 2.90. The Hall–Kier alpha value is -2.28. The third kappa shape index (κ3) is 1.63. The van der Waals surface area contributed by atoms with Crippen molar-refractivity contribution < 1.29 is 8.78 Å². The molecule has 1 aromatic carbocycles. The molecule has 0 spiro atoms. The van der Waals surface area contributed by atoms with Gasteiger partial charge in [0, 0.05) is 17.3 Å². The molecule has 16 heavy (non-hydrogen) atoms. The highest BCUT2D eigenvalue weighted by atomic mass is 19.2. The number of nitriles is 1. The number of hydrogen-bond donors (Lipinski definition) is 0. The fraction of sp³-hybridized carbons (Fsp3) is 0. The third-order valence-electron chi connectivity index (χ3n) is 2.18. The molecule has 2 rings (SSSR count). The van der Waals surface area contributed by atoms with Crippen molar-refractivity contribution in [3.05, 3.63) is 53.9 Å². The molecule has 0 atom stereocenters. The van der Waals surface area contributed by atoms with Gasteiger partial charge in [-0.15, -0.1) is 0 Å². The summed E-state index contributed by atoms with van der Waals surface area (Å²) in [5.41, 5.74) is 0.709. The second-order valence-electron chi connectivity index (χ2n) is 3.12. The van der Waals surface area contributed by atoms with E-state index in [9.17, 15) is 8.78 Å². The maximum Gasteiger partial charge on any atom is 0.249 e. The van der Waals surface area contributed by atoms with Gasteiger partial charge >= 0.3 is 0 Å². The zero-order chi connectivity index (χ0) is 11.5. The fourth-order valence-corrected chi connectivity index (χ4v) is 1.44. The zero-order valence-electron chi connectivity index (χ0n) is 8.11. The highest BCUT2D eigenvalue weighted by Gasteiger charge is 2.13. The van der Waals surface area contributed by atoms with Crippen LogP contribution < -0.4 is 0 Å². The van der Waals surface area contributed by atoms with Gasteiger partial charge in [-0.2, -0.15) is 9.65 Å². The molecule has 1 heterocycles. The number of hydrogen-bond acceptors (Lipinski definition) is 2. The molecule has 0 radical (unpaired) electrons. The lowest BCUT2D eigenvalue weighted by atomic mass is 10.0. The van der Waals surface area contributed by atoms with Crippen LogP contribution in [0.5, 0.6) is 0 Å². The van der Waals surface area contributed by atoms with Crippen molar-refractivity contribution in [3.8, 4) is 17.2 Å². The molecule has 0 amide bonds. The lowest BCUT2D eigenvalue weighted by molar-refractivity contribution is 0.482. The van der Waals surface area contributed by atoms with Gasteiger partial charge in [-0.3, -0.25) is 0 Å². The average molecular weight is 216 g/mol. The van der Waals surface area contributed by atoms with E-state index in [4.69, 9.17) is 5.26 Å². The second-order valence-corrected chi connectivity index (χ2v) is 3.12. The molecule has 0 aliphatic heterocycles. The standard InChI is InChI=1S/C12H6F2N2/c13-11-10(5-6-16-12(11)14)9-4-2-1-3-8(9)7-15/h1-6H. The van der Waals surface area contributed by atoms with Gasteiger partial charge < -0.3 is 0 Å². The number of aromatic nitrogens is 1. The Bertz CT molecular complexity index is 573. The van der Waals surface area contributed by atoms with Crippen LogP contribution in [-0.2, 0) is 0 Å². The van der Waals surface area contributed by atoms with Gasteiger partial charge in [-0.25, -0.2) is 9.37 Å². The topological polar surface area (TPSA) is 36.7 Å². The van der Waals surface area contributed by atoms with E-state index in [1.165, 1.54) is 12.3 Å². The molecule has 0 aliphatic rings. The number of halogens is 2. The molecule has 0 saturated heterocycles. The first-order valence-corrected chi connectivity index (χ1v) is 4.53. The van der Waals surface area contributed by atoms with Crippen molar-refractivity contribution in [2.24, 2.45) is 0 Å². The predicted molar refractivity (Wildman–Crippen MR) is 54.3 cm³/mol. The fourth-order valence-electron chi connectivity index (χ4n) is 1.44. The summed E-state index contributed by atoms with van der Waals surface area (Å²) in [4.78, 5) is 3.20. The van der Waals surface area contributed by atoms with E-state index in [-0.39, 0.29) is 5.56 Å². The molecule has 1 aromatic heterocycles. The smallest absolute Gasteiger partial charge is 0.226 e. The van der Waals surface area contributed by atoms with E-state index in [0.717, 1.165) is 0 Å². The van der Waals surface area contributed by atoms with Crippen LogP contribution in [0.25, 0.3) is 11.1 Å². The number of benzene rings is 1. The van der Waals surface area contributed by atoms with E-state index in [1.807, 2.05) is 6.07 Å². The van der Waals surface area contributed by atoms with Gasteiger partial charge in [0.25, 0.3) is 0 Å². The van der Waals surface area contributed by atoms with E-state index in [2.05, 4.69) is 4.98 Å². The second kappa shape index (κ2) is 4.07. The van der Waals surface area contributed by atoms with Crippen molar-refractivity contribution >= 4 is 0 Å². The first-order valence-electron chi connectivity index (χ1n) is 4.53. The number of nitrogens with zero attached hydrogens (tertiary/aromatic N) is 2. The highest BCUT2D eigenvalue weighted by molar-refractivity contribution is 5.70. The Balaban J connectivity index is 2.69. The minimum Gasteiger partial charge on any atom is -0.226 e. The summed E-state index contributed by atoms with van der Waals surface area (Å²) in [6.07, 6.45) is 1.17. The van der Waals surface area contributed by atoms with E-state index < -0.39 is 11.8 Å². The van der Waals surface area contributed by atoms with Crippen LogP contribution in [0.2, 0.25) is 0 Å². The van der Waals surface area contributed by atoms with E-state index in [0.29, 0.717) is 11.1 Å². The average Bonchev–Trinajstić information content (AvgIpc) is 2.33. The summed E-state index contributed by atoms with van der Waals surface area (Å²) in [7, 11) is 0. The van der Waals surface area contributed by atoms with Gasteiger partial charge in [0.1, 0.15) is 0 Å². The zero-order valence-corrected chi connectivity index (χ0v) is 8.11. The highest BCUT2D eigenvalue weighted by Crippen LogP contribution is 2.26. The number of pyridine rings is 1. The Kier molecular flexibility index (Phi) is 2.61. The van der Waals surface area contributed by atoms with Crippen molar-refractivity contribution in [2.45, 2.75) is 0 Å². The third-order valence-corrected chi connectivity index (χ3v) is 2.18. The van der Waals surface area contributed by atoms with Crippen molar-refractivity contribution in [3.63, 3.8) is 0 Å². The van der Waals surface area contributed by atoms with Gasteiger partial charge in [0.05, 0.1) is 11.6 Å². The molecule has 0 saturated carbocycles. The first-order chi connectivity index (χ1) is 7.74. The van der Waals surface area contributed by atoms with Gasteiger partial charge in [-0.1, -0.05) is 18.2 Å². The molecule has 4 heteroatoms. The molecule has 0 bridgehead atoms. The van der Waals surface area contributed by atoms with E-state index >= 15 is 0 Å². The van der Waals surface area contributed by atoms with Crippen LogP contribution in [0, 0.1) is 23.1 Å². The minimum atomic E-state index is -1.16. The summed E-state index contributed by atoms with van der Waals surface area (Å²) >= 11 is 0. The minimum absolute atomic E-state index is 0.0460. The molecular weight excluding hydrogens is 210 g/mol. The van der Waals surface area contributed by atoms with Crippen LogP contribution in [-0.4, -0.2) is 4.98 Å². The van der Waals surface area contributed by atoms with Crippen LogP contribution in [0.15, 0.2) is 36.5 Å². The van der Waals surface area contributed by atoms with Crippen molar-refractivity contribution in [1.82, 2.24) is 4.98 Å². The first kappa shape index (κ1) is 10.2. The molecule has 0 fully saturated rings. The Morgan fingerprint density at radius 3 is 2.56 bits per heavy atom. The normalized spacial score (nSPS) is 9.81. The molecule has 2 aromatic rings. The maximum atomic E-state index is 13.5. The van der Waals surface area contributed by atoms with Crippen LogP contribution in [0.4, 0.5) is 8.78 Å². The number of rotatable bonds is 1. The molecule has 0 aliphatic carbocycles. The van der Waals surface area contributed by atoms with Gasteiger partial charge in [-0.05, 0) is 12.1 Å². The Morgan fingerprint density at radius 1 is 1.06 bits per heavy atom. The summed E-state index contributed by atoms with van der Waals surface area (Å²) in [5, 5.41) is 8.86. The lowest BCUT2D eigenvalue weighted by Gasteiger charge is -2.04. The monoisotopic (exact) mass is 216 g/mol. The quantitative estimate of drug-likeness (QED) is 0.687. The van der Waals surface area contributed by atoms with E-state index in [1.54, 1.807) is 24.3 Å². The molecule has 2 nitrogen and oxygen atoms in total. The van der Waals surface area contributed by atoms with Crippen molar-refractivity contribution in [1.29, 1.82) is 5.26 Å². The largest absolute Gasteiger partial charge is 0.249 e. The molecular formula is C12H6F2N2. The summed E-state index contributed by atoms with van der Waals surface area (Å²) in [6.45, 7) is 0. The van der Waals surface area contributed by atoms with Crippen LogP contribution >= 0.6 is 0 Å². The summed E-state index contributed by atoms with van der Waals surface area (Å²) < 4.78 is 26.4. The maximum absolute atomic E-state index is 13.5. The summed E-state index contributed by atoms with van der Waals surface area (Å²) in [6, 6.07) is 9.71. The van der Waals surface area contributed by atoms with Gasteiger partial charge in [0.15, 0.2) is 5.82 Å². The van der Waals surface area contributed by atoms with Gasteiger partial charge in [0.2, 0.25) is 5.95 Å². The Labute approximate surface area is 90.8 Å². The Morgan fingerprint density at radius 2 is 1.81 bits per heavy atom. The van der Waals surface area contributed by atoms with Crippen LogP contribution in [0.3, 0.4) is 0 Å². The molecule has 0 N–H and O–H groups in total. The lowest BCUT2D eigenvalue weighted by Crippen LogP contribution is -1.94. The molecule has 0 unspecified atom stereocenters. The SMILES string of the molecule is N#Cc1ccccc1-c1ccnc(F)c1F. The van der Waals surface area contributed by atoms with Crippen molar-refractivity contribution in [2.75, 3.05) is 0 Å².